The van der Waals surface area contributed by atoms with Crippen LogP contribution in [0.5, 0.6) is 0 Å². The van der Waals surface area contributed by atoms with E-state index in [-0.39, 0.29) is 40.3 Å². The number of nitrogens with zero attached hydrogens (tertiary/aromatic N) is 12. The molecule has 10 heterocycles. The number of amides is 2. The third kappa shape index (κ3) is 64.5. The van der Waals surface area contributed by atoms with Crippen LogP contribution in [0.1, 0.15) is 233 Å². The average molecular weight is 1760 g/mol. The Morgan fingerprint density at radius 1 is 0.333 bits per heavy atom. The van der Waals surface area contributed by atoms with Crippen molar-refractivity contribution in [2.45, 2.75) is 262 Å². The highest BCUT2D eigenvalue weighted by atomic mass is 19.3. The van der Waals surface area contributed by atoms with Crippen LogP contribution in [0.4, 0.5) is 8.78 Å². The zero-order valence-corrected chi connectivity index (χ0v) is 86.3. The molecule has 734 valence electrons. The van der Waals surface area contributed by atoms with Gasteiger partial charge in [-0.05, 0) is 151 Å². The molecule has 0 N–H and O–H groups in total. The molecule has 0 aromatic carbocycles. The molecule has 10 fully saturated rings. The summed E-state index contributed by atoms with van der Waals surface area (Å²) in [6, 6.07) is 0. The highest BCUT2D eigenvalue weighted by Crippen LogP contribution is 2.36. The maximum atomic E-state index is 13.6. The van der Waals surface area contributed by atoms with Crippen LogP contribution in [-0.2, 0) is 57.0 Å². The van der Waals surface area contributed by atoms with Gasteiger partial charge in [-0.2, -0.15) is 0 Å². The molecule has 0 spiro atoms. The van der Waals surface area contributed by atoms with Crippen LogP contribution in [0, 0.1) is 32.5 Å². The van der Waals surface area contributed by atoms with Gasteiger partial charge >= 0.3 is 0 Å². The number of ether oxygens (including phenoxy) is 10. The van der Waals surface area contributed by atoms with Gasteiger partial charge in [0.2, 0.25) is 11.8 Å². The summed E-state index contributed by atoms with van der Waals surface area (Å²) in [5.41, 5.74) is 1.23. The smallest absolute Gasteiger partial charge is 0.265 e. The monoisotopic (exact) mass is 1760 g/mol. The zero-order chi connectivity index (χ0) is 93.4. The third-order valence-corrected chi connectivity index (χ3v) is 22.7. The van der Waals surface area contributed by atoms with Crippen molar-refractivity contribution in [1.82, 2.24) is 58.8 Å². The summed E-state index contributed by atoms with van der Waals surface area (Å²) in [4.78, 5) is 51.1. The quantitative estimate of drug-likeness (QED) is 0.152. The van der Waals surface area contributed by atoms with Crippen LogP contribution in [0.3, 0.4) is 0 Å². The first-order valence-electron chi connectivity index (χ1n) is 47.8. The fraction of sp³-hybridized carbons (Fsp3) is 0.979. The van der Waals surface area contributed by atoms with Gasteiger partial charge in [0.15, 0.2) is 0 Å². The van der Waals surface area contributed by atoms with Crippen LogP contribution in [0.2, 0.25) is 0 Å². The molecule has 0 aromatic heterocycles. The molecule has 10 aliphatic rings. The van der Waals surface area contributed by atoms with Crippen LogP contribution in [-0.4, -0.2) is 428 Å². The molecular formula is C97H200F2N12O12. The number of carbonyl (C=O) groups excluding carboxylic acids is 2. The van der Waals surface area contributed by atoms with Gasteiger partial charge < -0.3 is 67.0 Å². The van der Waals surface area contributed by atoms with Crippen LogP contribution >= 0.6 is 0 Å². The molecule has 10 saturated heterocycles. The highest BCUT2D eigenvalue weighted by Gasteiger charge is 2.44. The van der Waals surface area contributed by atoms with E-state index in [0.717, 1.165) is 210 Å². The Morgan fingerprint density at radius 2 is 0.642 bits per heavy atom. The Kier molecular flexibility index (Phi) is 58.3. The molecule has 0 aromatic rings. The normalized spacial score (nSPS) is 21.0. The van der Waals surface area contributed by atoms with Gasteiger partial charge in [0, 0.05) is 204 Å². The van der Waals surface area contributed by atoms with E-state index >= 15 is 0 Å². The number of halogens is 2. The highest BCUT2D eigenvalue weighted by molar-refractivity contribution is 5.81. The maximum Gasteiger partial charge on any atom is 0.265 e. The molecule has 123 heavy (non-hydrogen) atoms. The second-order valence-electron chi connectivity index (χ2n) is 45.8. The molecule has 0 radical (unpaired) electrons. The predicted molar refractivity (Wildman–Crippen MR) is 508 cm³/mol. The fourth-order valence-electron chi connectivity index (χ4n) is 13.8. The Hall–Kier alpha value is -2.00. The average Bonchev–Trinajstić information content (AvgIpc) is 0.826. The van der Waals surface area contributed by atoms with Crippen molar-refractivity contribution in [2.75, 3.05) is 329 Å². The number of carbonyl (C=O) groups is 2. The summed E-state index contributed by atoms with van der Waals surface area (Å²) in [6.07, 6.45) is 4.56. The van der Waals surface area contributed by atoms with Gasteiger partial charge in [-0.15, -0.1) is 0 Å². The lowest BCUT2D eigenvalue weighted by atomic mass is 9.87. The molecule has 10 rings (SSSR count). The van der Waals surface area contributed by atoms with E-state index in [1.807, 2.05) is 30.6 Å². The van der Waals surface area contributed by atoms with Crippen molar-refractivity contribution >= 4 is 11.8 Å². The number of hydrogen-bond acceptors (Lipinski definition) is 22. The fourth-order valence-corrected chi connectivity index (χ4v) is 13.8. The van der Waals surface area contributed by atoms with Crippen molar-refractivity contribution in [3.63, 3.8) is 0 Å². The molecule has 0 atom stereocenters. The molecule has 10 aliphatic heterocycles. The standard InChI is InChI=1S/C11H24N2O.C11H23NO.C10H19F2NO.C10H21NO2.C10H19NO2.C10H21NO.C9H20N2.C9H17NO2.C9H19NO.C8H17NO/c1-11(2,3)12(4)5-6-13-7-9-14-10-8-13;1-11(2,3)5-4-6-12-7-9-13-10-8-12;1-9(2,3)10(11,12)8-13-4-6-14-7-5-13;1-10(2,3)13-9-6-11-4-7-12-8-5-11;1-10(2,3)8-9(12)11-4-6-13-7-5-11;1-10(2,3)4-5-11-6-8-12-9-7-11;1-9(2,3)11-7-5-10(4)6-8-11;1-9(2,3)8(11)10-4-6-12-7-5-10;1-9(2,3)8-10-4-6-11-7-5-10;1-8(2,3)9-4-6-10-7-5-9/h5-10H2,1-4H3;4-10H2,1-3H3;4-8H2,1-3H3;4-9H2,1-3H3;4-8H2,1-3H3;4-9H2,1-3H3;5-8H2,1-4H3;4-7H2,1-3H3;4-8H2,1-3H3;4-7H2,1-3H3. The van der Waals surface area contributed by atoms with Gasteiger partial charge in [0.25, 0.3) is 5.92 Å². The summed E-state index contributed by atoms with van der Waals surface area (Å²) in [6.45, 7) is 109. The second kappa shape index (κ2) is 60.2. The summed E-state index contributed by atoms with van der Waals surface area (Å²) in [5, 5.41) is 0. The number of alkyl halides is 2. The number of piperazine rings is 1. The van der Waals surface area contributed by atoms with Gasteiger partial charge in [-0.25, -0.2) is 8.78 Å². The van der Waals surface area contributed by atoms with E-state index in [9.17, 15) is 18.4 Å². The first-order chi connectivity index (χ1) is 56.7. The number of likely N-dealkylation sites (N-methyl/N-ethyl adjacent to an activating group) is 2. The Labute approximate surface area is 756 Å². The van der Waals surface area contributed by atoms with Crippen molar-refractivity contribution in [3.8, 4) is 0 Å². The Morgan fingerprint density at radius 3 is 0.951 bits per heavy atom. The summed E-state index contributed by atoms with van der Waals surface area (Å²) in [5.74, 6) is -2.15. The largest absolute Gasteiger partial charge is 0.379 e. The lowest BCUT2D eigenvalue weighted by Gasteiger charge is -2.41. The Balaban J connectivity index is 0.000000684. The van der Waals surface area contributed by atoms with E-state index in [0.29, 0.717) is 86.5 Å². The molecule has 2 amide bonds. The zero-order valence-electron chi connectivity index (χ0n) is 86.3. The Bertz CT molecular complexity index is 2550. The molecule has 0 bridgehead atoms. The predicted octanol–water partition coefficient (Wildman–Crippen LogP) is 13.8. The van der Waals surface area contributed by atoms with Crippen molar-refractivity contribution < 1.29 is 65.7 Å². The first-order valence-corrected chi connectivity index (χ1v) is 47.8. The molecule has 0 aliphatic carbocycles. The van der Waals surface area contributed by atoms with E-state index in [1.54, 1.807) is 25.7 Å². The minimum Gasteiger partial charge on any atom is -0.379 e. The van der Waals surface area contributed by atoms with E-state index in [4.69, 9.17) is 47.4 Å². The van der Waals surface area contributed by atoms with Crippen LogP contribution in [0.25, 0.3) is 0 Å². The summed E-state index contributed by atoms with van der Waals surface area (Å²) >= 11 is 0. The minimum atomic E-state index is -2.63. The third-order valence-electron chi connectivity index (χ3n) is 22.7. The molecule has 26 heteroatoms. The van der Waals surface area contributed by atoms with E-state index < -0.39 is 11.3 Å². The maximum absolute atomic E-state index is 13.6. The van der Waals surface area contributed by atoms with Crippen molar-refractivity contribution in [1.29, 1.82) is 0 Å². The lowest BCUT2D eigenvalue weighted by molar-refractivity contribution is -0.143. The van der Waals surface area contributed by atoms with Gasteiger partial charge in [-0.3, -0.25) is 48.8 Å². The van der Waals surface area contributed by atoms with Crippen LogP contribution < -0.4 is 0 Å². The molecule has 0 unspecified atom stereocenters. The SMILES string of the molecule is CC(C)(C)C(=O)N1CCOCC1.CC(C)(C)C(F)(F)CN1CCOCC1.CC(C)(C)CC(=O)N1CCOCC1.CC(C)(C)CCCN1CCOCC1.CC(C)(C)CCN1CCOCC1.CC(C)(C)CN1CCOCC1.CC(C)(C)N1CCOCC1.CC(C)(C)OCCN1CCOCC1.CN(CCN1CCOCC1)C(C)(C)C.CN1CCN(C(C)(C)C)CC1. The number of hydrogen-bond donors (Lipinski definition) is 0. The topological polar surface area (TPSA) is 165 Å². The van der Waals surface area contributed by atoms with E-state index in [1.165, 1.54) is 65.1 Å². The molecular weight excluding hydrogens is 1560 g/mol. The summed E-state index contributed by atoms with van der Waals surface area (Å²) < 4.78 is 80.1. The van der Waals surface area contributed by atoms with Gasteiger partial charge in [0.1, 0.15) is 0 Å². The van der Waals surface area contributed by atoms with Crippen molar-refractivity contribution in [2.24, 2.45) is 32.5 Å². The van der Waals surface area contributed by atoms with Gasteiger partial charge in [0.05, 0.1) is 138 Å². The minimum absolute atomic E-state index is 0.00765. The first kappa shape index (κ1) is 119. The molecule has 0 saturated carbocycles. The second-order valence-corrected chi connectivity index (χ2v) is 45.8. The number of morpholine rings is 9. The summed E-state index contributed by atoms with van der Waals surface area (Å²) in [7, 11) is 4.39. The van der Waals surface area contributed by atoms with E-state index in [2.05, 4.69) is 224 Å². The molecule has 24 nitrogen and oxygen atoms in total. The van der Waals surface area contributed by atoms with Crippen molar-refractivity contribution in [3.05, 3.63) is 0 Å². The lowest BCUT2D eigenvalue weighted by Crippen LogP contribution is -2.52. The van der Waals surface area contributed by atoms with Crippen LogP contribution in [0.15, 0.2) is 0 Å². The van der Waals surface area contributed by atoms with Gasteiger partial charge in [-0.1, -0.05) is 125 Å². The number of rotatable bonds is 15.